The van der Waals surface area contributed by atoms with Crippen molar-refractivity contribution in [3.05, 3.63) is 28.8 Å². The molecule has 0 heterocycles. The minimum absolute atomic E-state index is 0.0423. The summed E-state index contributed by atoms with van der Waals surface area (Å²) in [6.45, 7) is 0. The van der Waals surface area contributed by atoms with Gasteiger partial charge >= 0.3 is 12.3 Å². The monoisotopic (exact) mass is 273 g/mol. The fourth-order valence-electron chi connectivity index (χ4n) is 1.29. The third-order valence-electron chi connectivity index (χ3n) is 2.03. The molecule has 8 heteroatoms. The lowest BCUT2D eigenvalue weighted by molar-refractivity contribution is -0.274. The van der Waals surface area contributed by atoms with Gasteiger partial charge in [-0.25, -0.2) is 4.79 Å². The first kappa shape index (κ1) is 14.5. The van der Waals surface area contributed by atoms with Crippen LogP contribution in [0.15, 0.2) is 12.1 Å². The van der Waals surface area contributed by atoms with Gasteiger partial charge in [0.15, 0.2) is 6.29 Å². The number of benzene rings is 1. The van der Waals surface area contributed by atoms with Crippen LogP contribution in [0.1, 0.15) is 26.3 Å². The largest absolute Gasteiger partial charge is 0.573 e. The molecule has 0 saturated carbocycles. The molecular formula is C11H6F3NO4. The third-order valence-corrected chi connectivity index (χ3v) is 2.03. The normalized spacial score (nSPS) is 10.5. The van der Waals surface area contributed by atoms with Gasteiger partial charge in [0.1, 0.15) is 11.8 Å². The zero-order valence-corrected chi connectivity index (χ0v) is 9.45. The fraction of sp³-hybridized carbons (Fsp3) is 0.182. The Morgan fingerprint density at radius 1 is 1.42 bits per heavy atom. The number of nitriles is 1. The van der Waals surface area contributed by atoms with Gasteiger partial charge in [-0.15, -0.1) is 13.2 Å². The number of esters is 1. The van der Waals surface area contributed by atoms with Gasteiger partial charge < -0.3 is 9.47 Å². The van der Waals surface area contributed by atoms with E-state index in [1.165, 1.54) is 6.07 Å². The number of methoxy groups -OCH3 is 1. The molecule has 100 valence electrons. The van der Waals surface area contributed by atoms with E-state index in [4.69, 9.17) is 5.26 Å². The van der Waals surface area contributed by atoms with E-state index in [2.05, 4.69) is 9.47 Å². The average molecular weight is 273 g/mol. The molecule has 0 saturated heterocycles. The Morgan fingerprint density at radius 3 is 2.47 bits per heavy atom. The van der Waals surface area contributed by atoms with Crippen molar-refractivity contribution in [1.29, 1.82) is 5.26 Å². The van der Waals surface area contributed by atoms with Crippen molar-refractivity contribution >= 4 is 12.3 Å². The third kappa shape index (κ3) is 3.45. The van der Waals surface area contributed by atoms with Gasteiger partial charge in [-0.05, 0) is 12.1 Å². The molecule has 0 unspecified atom stereocenters. The SMILES string of the molecule is COC(=O)c1cc(C#N)c(C=O)c(OC(F)(F)F)c1. The van der Waals surface area contributed by atoms with Crippen LogP contribution < -0.4 is 4.74 Å². The molecule has 0 N–H and O–H groups in total. The fourth-order valence-corrected chi connectivity index (χ4v) is 1.29. The van der Waals surface area contributed by atoms with Crippen molar-refractivity contribution < 1.29 is 32.2 Å². The lowest BCUT2D eigenvalue weighted by Crippen LogP contribution is -2.19. The molecule has 1 aromatic rings. The number of carbonyl (C=O) groups is 2. The molecule has 1 aromatic carbocycles. The van der Waals surface area contributed by atoms with Gasteiger partial charge in [-0.2, -0.15) is 5.26 Å². The van der Waals surface area contributed by atoms with E-state index >= 15 is 0 Å². The molecule has 0 bridgehead atoms. The van der Waals surface area contributed by atoms with Crippen LogP contribution in [0.5, 0.6) is 5.75 Å². The van der Waals surface area contributed by atoms with Crippen molar-refractivity contribution in [1.82, 2.24) is 0 Å². The van der Waals surface area contributed by atoms with Crippen molar-refractivity contribution in [3.63, 3.8) is 0 Å². The van der Waals surface area contributed by atoms with Crippen LogP contribution in [0.4, 0.5) is 13.2 Å². The zero-order valence-electron chi connectivity index (χ0n) is 9.45. The van der Waals surface area contributed by atoms with Crippen LogP contribution in [-0.2, 0) is 4.74 Å². The van der Waals surface area contributed by atoms with Crippen molar-refractivity contribution in [2.24, 2.45) is 0 Å². The number of hydrogen-bond donors (Lipinski definition) is 0. The van der Waals surface area contributed by atoms with Crippen molar-refractivity contribution in [2.75, 3.05) is 7.11 Å². The number of ether oxygens (including phenoxy) is 2. The Morgan fingerprint density at radius 2 is 2.05 bits per heavy atom. The first-order valence-electron chi connectivity index (χ1n) is 4.69. The Labute approximate surface area is 105 Å². The number of halogens is 3. The van der Waals surface area contributed by atoms with E-state index in [1.807, 2.05) is 0 Å². The van der Waals surface area contributed by atoms with Crippen LogP contribution in [0.3, 0.4) is 0 Å². The second kappa shape index (κ2) is 5.39. The summed E-state index contributed by atoms with van der Waals surface area (Å²) >= 11 is 0. The Balaban J connectivity index is 3.45. The Kier molecular flexibility index (Phi) is 4.11. The van der Waals surface area contributed by atoms with Gasteiger partial charge in [0.25, 0.3) is 0 Å². The summed E-state index contributed by atoms with van der Waals surface area (Å²) < 4.78 is 44.4. The minimum Gasteiger partial charge on any atom is -0.465 e. The van der Waals surface area contributed by atoms with Crippen LogP contribution in [0.25, 0.3) is 0 Å². The summed E-state index contributed by atoms with van der Waals surface area (Å²) in [4.78, 5) is 22.0. The smallest absolute Gasteiger partial charge is 0.465 e. The number of hydrogen-bond acceptors (Lipinski definition) is 5. The lowest BCUT2D eigenvalue weighted by Gasteiger charge is -2.12. The highest BCUT2D eigenvalue weighted by Gasteiger charge is 2.33. The van der Waals surface area contributed by atoms with Crippen molar-refractivity contribution in [2.45, 2.75) is 6.36 Å². The molecule has 5 nitrogen and oxygen atoms in total. The van der Waals surface area contributed by atoms with E-state index in [1.54, 1.807) is 0 Å². The summed E-state index contributed by atoms with van der Waals surface area (Å²) in [5.74, 6) is -1.89. The molecule has 0 fully saturated rings. The second-order valence-corrected chi connectivity index (χ2v) is 3.20. The molecule has 0 aliphatic heterocycles. The molecule has 0 spiro atoms. The molecule has 0 aromatic heterocycles. The van der Waals surface area contributed by atoms with Crippen LogP contribution in [0.2, 0.25) is 0 Å². The average Bonchev–Trinajstić information content (AvgIpc) is 2.34. The summed E-state index contributed by atoms with van der Waals surface area (Å²) in [6, 6.07) is 3.13. The number of nitrogens with zero attached hydrogens (tertiary/aromatic N) is 1. The highest BCUT2D eigenvalue weighted by Crippen LogP contribution is 2.29. The van der Waals surface area contributed by atoms with E-state index in [-0.39, 0.29) is 11.8 Å². The zero-order chi connectivity index (χ0) is 14.6. The molecule has 0 amide bonds. The van der Waals surface area contributed by atoms with E-state index in [0.717, 1.165) is 13.2 Å². The predicted octanol–water partition coefficient (Wildman–Crippen LogP) is 2.06. The van der Waals surface area contributed by atoms with Gasteiger partial charge in [0.2, 0.25) is 0 Å². The number of rotatable bonds is 3. The maximum atomic E-state index is 12.2. The highest BCUT2D eigenvalue weighted by molar-refractivity contribution is 5.93. The maximum absolute atomic E-state index is 12.2. The standard InChI is InChI=1S/C11H6F3NO4/c1-18-10(17)6-2-7(4-15)8(5-16)9(3-6)19-11(12,13)14/h2-3,5H,1H3. The Bertz CT molecular complexity index is 560. The lowest BCUT2D eigenvalue weighted by atomic mass is 10.0. The first-order chi connectivity index (χ1) is 8.82. The number of alkyl halides is 3. The van der Waals surface area contributed by atoms with Crippen LogP contribution >= 0.6 is 0 Å². The molecule has 0 aliphatic carbocycles. The predicted molar refractivity (Wildman–Crippen MR) is 54.6 cm³/mol. The van der Waals surface area contributed by atoms with Gasteiger partial charge in [0, 0.05) is 0 Å². The van der Waals surface area contributed by atoms with E-state index in [9.17, 15) is 22.8 Å². The molecule has 0 aliphatic rings. The van der Waals surface area contributed by atoms with E-state index in [0.29, 0.717) is 6.07 Å². The number of carbonyl (C=O) groups excluding carboxylic acids is 2. The summed E-state index contributed by atoms with van der Waals surface area (Å²) in [5.41, 5.74) is -1.34. The topological polar surface area (TPSA) is 76.4 Å². The summed E-state index contributed by atoms with van der Waals surface area (Å²) in [6.07, 6.45) is -5.01. The highest BCUT2D eigenvalue weighted by atomic mass is 19.4. The first-order valence-corrected chi connectivity index (χ1v) is 4.69. The number of aldehydes is 1. The molecule has 19 heavy (non-hydrogen) atoms. The maximum Gasteiger partial charge on any atom is 0.573 e. The summed E-state index contributed by atoms with van der Waals surface area (Å²) in [5, 5.41) is 8.75. The Hall–Kier alpha value is -2.56. The summed E-state index contributed by atoms with van der Waals surface area (Å²) in [7, 11) is 1.02. The molecule has 1 rings (SSSR count). The van der Waals surface area contributed by atoms with Crippen LogP contribution in [0, 0.1) is 11.3 Å². The van der Waals surface area contributed by atoms with E-state index < -0.39 is 29.2 Å². The van der Waals surface area contributed by atoms with Gasteiger partial charge in [0.05, 0.1) is 23.8 Å². The van der Waals surface area contributed by atoms with Crippen LogP contribution in [-0.4, -0.2) is 25.7 Å². The molecular weight excluding hydrogens is 267 g/mol. The molecule has 0 atom stereocenters. The van der Waals surface area contributed by atoms with Gasteiger partial charge in [-0.3, -0.25) is 4.79 Å². The van der Waals surface area contributed by atoms with Gasteiger partial charge in [-0.1, -0.05) is 0 Å². The minimum atomic E-state index is -5.06. The quantitative estimate of drug-likeness (QED) is 0.622. The second-order valence-electron chi connectivity index (χ2n) is 3.20. The molecule has 0 radical (unpaired) electrons. The van der Waals surface area contributed by atoms with Crippen molar-refractivity contribution in [3.8, 4) is 11.8 Å².